The Labute approximate surface area is 93.6 Å². The van der Waals surface area contributed by atoms with Crippen molar-refractivity contribution in [2.24, 2.45) is 0 Å². The van der Waals surface area contributed by atoms with Gasteiger partial charge in [-0.05, 0) is 33.6 Å². The fourth-order valence-electron chi connectivity index (χ4n) is 2.06. The molecule has 0 aromatic carbocycles. The average molecular weight is 214 g/mol. The maximum atomic E-state index is 10.1. The first-order valence-corrected chi connectivity index (χ1v) is 6.09. The second-order valence-electron chi connectivity index (χ2n) is 5.79. The van der Waals surface area contributed by atoms with Crippen molar-refractivity contribution in [3.63, 3.8) is 0 Å². The Bertz CT molecular complexity index is 181. The van der Waals surface area contributed by atoms with E-state index in [0.29, 0.717) is 0 Å². The van der Waals surface area contributed by atoms with E-state index in [2.05, 4.69) is 31.4 Å². The van der Waals surface area contributed by atoms with Gasteiger partial charge in [0, 0.05) is 25.2 Å². The molecular formula is C12H26N2O. The van der Waals surface area contributed by atoms with Crippen LogP contribution in [0.2, 0.25) is 0 Å². The molecule has 0 aliphatic heterocycles. The van der Waals surface area contributed by atoms with E-state index >= 15 is 0 Å². The highest BCUT2D eigenvalue weighted by Gasteiger charge is 2.30. The molecule has 15 heavy (non-hydrogen) atoms. The van der Waals surface area contributed by atoms with Gasteiger partial charge in [0.15, 0.2) is 0 Å². The summed E-state index contributed by atoms with van der Waals surface area (Å²) in [7, 11) is 0. The molecule has 1 fully saturated rings. The van der Waals surface area contributed by atoms with Gasteiger partial charge in [0.1, 0.15) is 0 Å². The van der Waals surface area contributed by atoms with E-state index in [1.807, 2.05) is 0 Å². The topological polar surface area (TPSA) is 44.3 Å². The summed E-state index contributed by atoms with van der Waals surface area (Å²) in [5.74, 6) is 0. The third-order valence-corrected chi connectivity index (χ3v) is 2.95. The van der Waals surface area contributed by atoms with Crippen molar-refractivity contribution in [2.45, 2.75) is 57.6 Å². The zero-order valence-electron chi connectivity index (χ0n) is 10.4. The molecule has 0 radical (unpaired) electrons. The minimum absolute atomic E-state index is 0.186. The van der Waals surface area contributed by atoms with Gasteiger partial charge in [-0.2, -0.15) is 0 Å². The fourth-order valence-corrected chi connectivity index (χ4v) is 2.06. The molecule has 0 bridgehead atoms. The molecule has 0 amide bonds. The lowest BCUT2D eigenvalue weighted by molar-refractivity contribution is 0.0480. The quantitative estimate of drug-likeness (QED) is 0.604. The van der Waals surface area contributed by atoms with Crippen molar-refractivity contribution < 1.29 is 5.11 Å². The van der Waals surface area contributed by atoms with Crippen LogP contribution in [-0.4, -0.2) is 35.9 Å². The zero-order chi connectivity index (χ0) is 11.4. The predicted molar refractivity (Wildman–Crippen MR) is 64.0 cm³/mol. The van der Waals surface area contributed by atoms with Crippen molar-refractivity contribution in [3.05, 3.63) is 0 Å². The van der Waals surface area contributed by atoms with Crippen molar-refractivity contribution in [2.75, 3.05) is 19.6 Å². The Hall–Kier alpha value is -0.120. The van der Waals surface area contributed by atoms with E-state index < -0.39 is 5.60 Å². The third-order valence-electron chi connectivity index (χ3n) is 2.95. The first kappa shape index (κ1) is 12.9. The molecule has 1 rings (SSSR count). The molecule has 0 aromatic rings. The van der Waals surface area contributed by atoms with Crippen LogP contribution in [0.4, 0.5) is 0 Å². The molecule has 0 aromatic heterocycles. The lowest BCUT2D eigenvalue weighted by atomic mass is 10.0. The highest BCUT2D eigenvalue weighted by atomic mass is 16.3. The van der Waals surface area contributed by atoms with Gasteiger partial charge < -0.3 is 15.7 Å². The van der Waals surface area contributed by atoms with E-state index in [-0.39, 0.29) is 5.54 Å². The second kappa shape index (κ2) is 5.28. The summed E-state index contributed by atoms with van der Waals surface area (Å²) >= 11 is 0. The first-order chi connectivity index (χ1) is 6.91. The largest absolute Gasteiger partial charge is 0.389 e. The van der Waals surface area contributed by atoms with Crippen molar-refractivity contribution in [1.29, 1.82) is 0 Å². The summed E-state index contributed by atoms with van der Waals surface area (Å²) in [6, 6.07) is 0. The van der Waals surface area contributed by atoms with Gasteiger partial charge in [0.2, 0.25) is 0 Å². The van der Waals surface area contributed by atoms with E-state index in [9.17, 15) is 5.11 Å². The molecule has 0 saturated heterocycles. The Morgan fingerprint density at radius 3 is 2.27 bits per heavy atom. The summed E-state index contributed by atoms with van der Waals surface area (Å²) in [5, 5.41) is 16.8. The highest BCUT2D eigenvalue weighted by Crippen LogP contribution is 2.28. The smallest absolute Gasteiger partial charge is 0.0771 e. The van der Waals surface area contributed by atoms with Crippen molar-refractivity contribution >= 4 is 0 Å². The number of hydrogen-bond acceptors (Lipinski definition) is 3. The van der Waals surface area contributed by atoms with Crippen LogP contribution in [0.1, 0.15) is 46.5 Å². The average Bonchev–Trinajstić information content (AvgIpc) is 2.50. The van der Waals surface area contributed by atoms with Crippen LogP contribution in [0.15, 0.2) is 0 Å². The van der Waals surface area contributed by atoms with E-state index in [1.54, 1.807) is 0 Å². The maximum Gasteiger partial charge on any atom is 0.0771 e. The SMILES string of the molecule is CC(C)(C)NCCNCC1(O)CCCC1. The Morgan fingerprint density at radius 2 is 1.73 bits per heavy atom. The number of hydrogen-bond donors (Lipinski definition) is 3. The predicted octanol–water partition coefficient (Wildman–Crippen LogP) is 1.27. The van der Waals surface area contributed by atoms with Crippen LogP contribution in [-0.2, 0) is 0 Å². The second-order valence-corrected chi connectivity index (χ2v) is 5.79. The zero-order valence-corrected chi connectivity index (χ0v) is 10.4. The molecular weight excluding hydrogens is 188 g/mol. The molecule has 3 heteroatoms. The van der Waals surface area contributed by atoms with E-state index in [0.717, 1.165) is 32.5 Å². The molecule has 0 heterocycles. The Kier molecular flexibility index (Phi) is 4.56. The third kappa shape index (κ3) is 5.50. The van der Waals surface area contributed by atoms with Crippen molar-refractivity contribution in [1.82, 2.24) is 10.6 Å². The minimum Gasteiger partial charge on any atom is -0.389 e. The highest BCUT2D eigenvalue weighted by molar-refractivity contribution is 4.86. The standard InChI is InChI=1S/C12H26N2O/c1-11(2,3)14-9-8-13-10-12(15)6-4-5-7-12/h13-15H,4-10H2,1-3H3. The molecule has 0 unspecified atom stereocenters. The molecule has 3 nitrogen and oxygen atoms in total. The number of aliphatic hydroxyl groups is 1. The molecule has 1 saturated carbocycles. The van der Waals surface area contributed by atoms with Gasteiger partial charge in [-0.15, -0.1) is 0 Å². The summed E-state index contributed by atoms with van der Waals surface area (Å²) in [4.78, 5) is 0. The lowest BCUT2D eigenvalue weighted by Gasteiger charge is -2.24. The molecule has 90 valence electrons. The normalized spacial score (nSPS) is 20.8. The van der Waals surface area contributed by atoms with E-state index in [1.165, 1.54) is 12.8 Å². The van der Waals surface area contributed by atoms with Gasteiger partial charge in [-0.1, -0.05) is 12.8 Å². The van der Waals surface area contributed by atoms with Crippen LogP contribution in [0.25, 0.3) is 0 Å². The minimum atomic E-state index is -0.415. The van der Waals surface area contributed by atoms with Crippen LogP contribution in [0.3, 0.4) is 0 Å². The van der Waals surface area contributed by atoms with Crippen LogP contribution in [0, 0.1) is 0 Å². The Balaban J connectivity index is 2.02. The molecule has 1 aliphatic carbocycles. The molecule has 0 atom stereocenters. The van der Waals surface area contributed by atoms with Gasteiger partial charge in [-0.25, -0.2) is 0 Å². The number of rotatable bonds is 5. The van der Waals surface area contributed by atoms with Crippen LogP contribution in [0.5, 0.6) is 0 Å². The Morgan fingerprint density at radius 1 is 1.13 bits per heavy atom. The molecule has 3 N–H and O–H groups in total. The summed E-state index contributed by atoms with van der Waals surface area (Å²) in [6.45, 7) is 9.13. The van der Waals surface area contributed by atoms with E-state index in [4.69, 9.17) is 0 Å². The van der Waals surface area contributed by atoms with Gasteiger partial charge >= 0.3 is 0 Å². The van der Waals surface area contributed by atoms with Gasteiger partial charge in [-0.3, -0.25) is 0 Å². The number of nitrogens with one attached hydrogen (secondary N) is 2. The maximum absolute atomic E-state index is 10.1. The molecule has 0 spiro atoms. The summed E-state index contributed by atoms with van der Waals surface area (Å²) in [5.41, 5.74) is -0.228. The van der Waals surface area contributed by atoms with Gasteiger partial charge in [0.25, 0.3) is 0 Å². The lowest BCUT2D eigenvalue weighted by Crippen LogP contribution is -2.44. The van der Waals surface area contributed by atoms with Crippen LogP contribution < -0.4 is 10.6 Å². The monoisotopic (exact) mass is 214 g/mol. The van der Waals surface area contributed by atoms with Gasteiger partial charge in [0.05, 0.1) is 5.60 Å². The fraction of sp³-hybridized carbons (Fsp3) is 1.00. The summed E-state index contributed by atoms with van der Waals surface area (Å²) in [6.07, 6.45) is 4.29. The summed E-state index contributed by atoms with van der Waals surface area (Å²) < 4.78 is 0. The van der Waals surface area contributed by atoms with Crippen LogP contribution >= 0.6 is 0 Å². The molecule has 1 aliphatic rings. The first-order valence-electron chi connectivity index (χ1n) is 6.09. The van der Waals surface area contributed by atoms with Crippen molar-refractivity contribution in [3.8, 4) is 0 Å².